The van der Waals surface area contributed by atoms with Gasteiger partial charge in [-0.2, -0.15) is 0 Å². The summed E-state index contributed by atoms with van der Waals surface area (Å²) in [6.45, 7) is 4.16. The van der Waals surface area contributed by atoms with Gasteiger partial charge in [-0.15, -0.1) is 11.8 Å². The molecule has 0 saturated carbocycles. The van der Waals surface area contributed by atoms with Crippen molar-refractivity contribution in [2.45, 2.75) is 18.7 Å². The van der Waals surface area contributed by atoms with Gasteiger partial charge in [0.15, 0.2) is 0 Å². The van der Waals surface area contributed by atoms with Crippen molar-refractivity contribution in [3.8, 4) is 11.1 Å². The maximum atomic E-state index is 11.8. The molecule has 25 heavy (non-hydrogen) atoms. The van der Waals surface area contributed by atoms with E-state index in [2.05, 4.69) is 12.1 Å². The smallest absolute Gasteiger partial charge is 0.316 e. The summed E-state index contributed by atoms with van der Waals surface area (Å²) < 4.78 is 5.05. The maximum absolute atomic E-state index is 11.8. The average Bonchev–Trinajstić information content (AvgIpc) is 2.61. The third-order valence-electron chi connectivity index (χ3n) is 3.77. The van der Waals surface area contributed by atoms with E-state index in [9.17, 15) is 4.79 Å². The highest BCUT2D eigenvalue weighted by Crippen LogP contribution is 2.39. The number of pyridine rings is 1. The Hall–Kier alpha value is -2.04. The highest BCUT2D eigenvalue weighted by Gasteiger charge is 2.17. The number of fused-ring (bicyclic) bond motifs is 1. The summed E-state index contributed by atoms with van der Waals surface area (Å²) in [5.74, 6) is 0.0273. The Morgan fingerprint density at radius 3 is 2.68 bits per heavy atom. The minimum absolute atomic E-state index is 0.225. The first kappa shape index (κ1) is 17.8. The molecule has 0 saturated heterocycles. The van der Waals surface area contributed by atoms with Gasteiger partial charge in [0.05, 0.1) is 23.6 Å². The third kappa shape index (κ3) is 3.97. The zero-order valence-corrected chi connectivity index (χ0v) is 15.7. The Kier molecular flexibility index (Phi) is 5.61. The molecular weight excluding hydrogens is 354 g/mol. The number of rotatable bonds is 5. The van der Waals surface area contributed by atoms with Crippen molar-refractivity contribution in [1.82, 2.24) is 4.98 Å². The highest BCUT2D eigenvalue weighted by molar-refractivity contribution is 8.00. The van der Waals surface area contributed by atoms with Gasteiger partial charge in [-0.3, -0.25) is 9.78 Å². The van der Waals surface area contributed by atoms with Gasteiger partial charge in [0.1, 0.15) is 0 Å². The quantitative estimate of drug-likeness (QED) is 0.437. The number of hydrogen-bond acceptors (Lipinski definition) is 4. The van der Waals surface area contributed by atoms with Gasteiger partial charge in [-0.1, -0.05) is 41.9 Å². The lowest BCUT2D eigenvalue weighted by Crippen LogP contribution is -2.07. The number of carbonyl (C=O) groups is 1. The molecule has 3 rings (SSSR count). The van der Waals surface area contributed by atoms with Gasteiger partial charge in [0.2, 0.25) is 0 Å². The largest absolute Gasteiger partial charge is 0.465 e. The van der Waals surface area contributed by atoms with Crippen molar-refractivity contribution in [2.24, 2.45) is 0 Å². The first-order valence-electron chi connectivity index (χ1n) is 8.04. The van der Waals surface area contributed by atoms with Crippen LogP contribution in [-0.2, 0) is 9.53 Å². The summed E-state index contributed by atoms with van der Waals surface area (Å²) in [7, 11) is 0. The van der Waals surface area contributed by atoms with Crippen LogP contribution in [0.2, 0.25) is 5.02 Å². The molecule has 0 aliphatic heterocycles. The molecule has 0 aliphatic carbocycles. The predicted octanol–water partition coefficient (Wildman–Crippen LogP) is 5.52. The minimum Gasteiger partial charge on any atom is -0.465 e. The summed E-state index contributed by atoms with van der Waals surface area (Å²) in [5.41, 5.74) is 3.91. The Balaban J connectivity index is 2.17. The van der Waals surface area contributed by atoms with Gasteiger partial charge in [0.25, 0.3) is 0 Å². The predicted molar refractivity (Wildman–Crippen MR) is 104 cm³/mol. The average molecular weight is 372 g/mol. The SMILES string of the molecule is CCOC(=O)CSc1c(C)nc2ccc(Cl)cc2c1-c1ccccc1. The molecular formula is C20H18ClNO2S. The fourth-order valence-electron chi connectivity index (χ4n) is 2.74. The lowest BCUT2D eigenvalue weighted by Gasteiger charge is -2.15. The third-order valence-corrected chi connectivity index (χ3v) is 5.18. The fraction of sp³-hybridized carbons (Fsp3) is 0.200. The second-order valence-corrected chi connectivity index (χ2v) is 6.94. The molecule has 3 nitrogen and oxygen atoms in total. The number of aromatic nitrogens is 1. The number of carbonyl (C=O) groups excluding carboxylic acids is 1. The molecule has 128 valence electrons. The van der Waals surface area contributed by atoms with E-state index in [-0.39, 0.29) is 11.7 Å². The lowest BCUT2D eigenvalue weighted by atomic mass is 10.00. The van der Waals surface area contributed by atoms with Crippen LogP contribution in [0.25, 0.3) is 22.0 Å². The van der Waals surface area contributed by atoms with E-state index in [1.165, 1.54) is 11.8 Å². The molecule has 0 radical (unpaired) electrons. The van der Waals surface area contributed by atoms with Crippen LogP contribution in [0.3, 0.4) is 0 Å². The van der Waals surface area contributed by atoms with Gasteiger partial charge in [-0.05, 0) is 37.6 Å². The van der Waals surface area contributed by atoms with Crippen molar-refractivity contribution in [1.29, 1.82) is 0 Å². The topological polar surface area (TPSA) is 39.2 Å². The number of thioether (sulfide) groups is 1. The number of aryl methyl sites for hydroxylation is 1. The minimum atomic E-state index is -0.225. The van der Waals surface area contributed by atoms with Crippen LogP contribution in [0.4, 0.5) is 0 Å². The molecule has 0 atom stereocenters. The summed E-state index contributed by atoms with van der Waals surface area (Å²) >= 11 is 7.69. The number of hydrogen-bond donors (Lipinski definition) is 0. The van der Waals surface area contributed by atoms with Gasteiger partial charge in [0, 0.05) is 20.9 Å². The van der Waals surface area contributed by atoms with Gasteiger partial charge >= 0.3 is 5.97 Å². The molecule has 0 bridgehead atoms. The van der Waals surface area contributed by atoms with Crippen LogP contribution in [0.5, 0.6) is 0 Å². The van der Waals surface area contributed by atoms with Crippen LogP contribution in [0, 0.1) is 6.92 Å². The summed E-state index contributed by atoms with van der Waals surface area (Å²) in [5, 5.41) is 1.65. The Morgan fingerprint density at radius 1 is 1.20 bits per heavy atom. The second-order valence-electron chi connectivity index (χ2n) is 5.52. The van der Waals surface area contributed by atoms with E-state index in [1.54, 1.807) is 0 Å². The van der Waals surface area contributed by atoms with Crippen LogP contribution in [-0.4, -0.2) is 23.3 Å². The molecule has 0 aliphatic rings. The van der Waals surface area contributed by atoms with Crippen LogP contribution >= 0.6 is 23.4 Å². The number of halogens is 1. The molecule has 2 aromatic carbocycles. The molecule has 1 heterocycles. The van der Waals surface area contributed by atoms with Crippen molar-refractivity contribution in [3.63, 3.8) is 0 Å². The summed E-state index contributed by atoms with van der Waals surface area (Å²) in [6, 6.07) is 15.8. The van der Waals surface area contributed by atoms with Crippen molar-refractivity contribution < 1.29 is 9.53 Å². The first-order chi connectivity index (χ1) is 12.1. The Morgan fingerprint density at radius 2 is 1.96 bits per heavy atom. The van der Waals surface area contributed by atoms with Gasteiger partial charge in [-0.25, -0.2) is 0 Å². The van der Waals surface area contributed by atoms with Gasteiger partial charge < -0.3 is 4.74 Å². The molecule has 0 N–H and O–H groups in total. The summed E-state index contributed by atoms with van der Waals surface area (Å²) in [6.07, 6.45) is 0. The Labute approximate surface area is 156 Å². The maximum Gasteiger partial charge on any atom is 0.316 e. The lowest BCUT2D eigenvalue weighted by molar-refractivity contribution is -0.139. The first-order valence-corrected chi connectivity index (χ1v) is 9.40. The molecule has 3 aromatic rings. The van der Waals surface area contributed by atoms with E-state index in [1.807, 2.05) is 50.2 Å². The van der Waals surface area contributed by atoms with Crippen LogP contribution in [0.1, 0.15) is 12.6 Å². The Bertz CT molecular complexity index is 912. The number of nitrogens with zero attached hydrogens (tertiary/aromatic N) is 1. The number of ether oxygens (including phenoxy) is 1. The molecule has 0 amide bonds. The fourth-order valence-corrected chi connectivity index (χ4v) is 3.89. The second kappa shape index (κ2) is 7.89. The zero-order valence-electron chi connectivity index (χ0n) is 14.1. The van der Waals surface area contributed by atoms with E-state index < -0.39 is 0 Å². The molecule has 0 unspecified atom stereocenters. The van der Waals surface area contributed by atoms with E-state index in [0.717, 1.165) is 32.6 Å². The summed E-state index contributed by atoms with van der Waals surface area (Å²) in [4.78, 5) is 17.5. The number of esters is 1. The zero-order chi connectivity index (χ0) is 17.8. The number of benzene rings is 2. The van der Waals surface area contributed by atoms with E-state index in [4.69, 9.17) is 21.3 Å². The van der Waals surface area contributed by atoms with Crippen molar-refractivity contribution >= 4 is 40.2 Å². The molecule has 0 fully saturated rings. The monoisotopic (exact) mass is 371 g/mol. The van der Waals surface area contributed by atoms with E-state index >= 15 is 0 Å². The highest BCUT2D eigenvalue weighted by atomic mass is 35.5. The van der Waals surface area contributed by atoms with E-state index in [0.29, 0.717) is 11.6 Å². The van der Waals surface area contributed by atoms with Crippen LogP contribution < -0.4 is 0 Å². The normalized spacial score (nSPS) is 10.8. The standard InChI is InChI=1S/C20H18ClNO2S/c1-3-24-18(23)12-25-20-13(2)22-17-10-9-15(21)11-16(17)19(20)14-7-5-4-6-8-14/h4-11H,3,12H2,1-2H3. The molecule has 1 aromatic heterocycles. The molecule has 5 heteroatoms. The molecule has 0 spiro atoms. The van der Waals surface area contributed by atoms with Crippen LogP contribution in [0.15, 0.2) is 53.4 Å². The van der Waals surface area contributed by atoms with Crippen molar-refractivity contribution in [2.75, 3.05) is 12.4 Å². The van der Waals surface area contributed by atoms with Crippen molar-refractivity contribution in [3.05, 3.63) is 59.2 Å².